The predicted octanol–water partition coefficient (Wildman–Crippen LogP) is 1.21. The van der Waals surface area contributed by atoms with Crippen molar-refractivity contribution in [3.05, 3.63) is 62.8 Å². The third kappa shape index (κ3) is 3.00. The van der Waals surface area contributed by atoms with Gasteiger partial charge in [-0.1, -0.05) is 18.2 Å². The number of benzene rings is 1. The van der Waals surface area contributed by atoms with E-state index in [-0.39, 0.29) is 11.4 Å². The van der Waals surface area contributed by atoms with Crippen LogP contribution in [0.25, 0.3) is 6.08 Å². The number of rotatable bonds is 3. The maximum Gasteiger partial charge on any atom is 0.333 e. The van der Waals surface area contributed by atoms with Crippen LogP contribution in [0.15, 0.2) is 51.0 Å². The Kier molecular flexibility index (Phi) is 4.18. The standard InChI is InChI=1S/C15H15N3O3/c1-17-13(19)12(14(20)18(2)15(17)21)9-6-10-16-11-7-4-3-5-8-11/h3-10,19H,1-2H3. The van der Waals surface area contributed by atoms with Crippen molar-refractivity contribution in [1.29, 1.82) is 0 Å². The maximum atomic E-state index is 11.9. The van der Waals surface area contributed by atoms with Gasteiger partial charge in [-0.05, 0) is 24.3 Å². The van der Waals surface area contributed by atoms with Crippen LogP contribution < -0.4 is 11.2 Å². The summed E-state index contributed by atoms with van der Waals surface area (Å²) in [6.07, 6.45) is 4.47. The van der Waals surface area contributed by atoms with Crippen molar-refractivity contribution in [3.63, 3.8) is 0 Å². The van der Waals surface area contributed by atoms with Gasteiger partial charge in [-0.2, -0.15) is 0 Å². The van der Waals surface area contributed by atoms with Gasteiger partial charge in [0.15, 0.2) is 0 Å². The number of hydrogen-bond acceptors (Lipinski definition) is 4. The fourth-order valence-corrected chi connectivity index (χ4v) is 1.79. The second kappa shape index (κ2) is 6.04. The highest BCUT2D eigenvalue weighted by atomic mass is 16.3. The van der Waals surface area contributed by atoms with Gasteiger partial charge in [0, 0.05) is 20.3 Å². The van der Waals surface area contributed by atoms with Gasteiger partial charge in [0.05, 0.1) is 5.69 Å². The average Bonchev–Trinajstić information content (AvgIpc) is 2.51. The molecule has 21 heavy (non-hydrogen) atoms. The Balaban J connectivity index is 2.33. The number of hydrogen-bond donors (Lipinski definition) is 1. The van der Waals surface area contributed by atoms with Gasteiger partial charge in [-0.15, -0.1) is 0 Å². The minimum Gasteiger partial charge on any atom is -0.494 e. The third-order valence-corrected chi connectivity index (χ3v) is 3.00. The Morgan fingerprint density at radius 2 is 1.76 bits per heavy atom. The van der Waals surface area contributed by atoms with Gasteiger partial charge in [-0.3, -0.25) is 18.9 Å². The van der Waals surface area contributed by atoms with E-state index < -0.39 is 11.2 Å². The lowest BCUT2D eigenvalue weighted by Gasteiger charge is -2.06. The zero-order valence-corrected chi connectivity index (χ0v) is 11.7. The zero-order valence-electron chi connectivity index (χ0n) is 11.7. The number of allylic oxidation sites excluding steroid dienone is 1. The summed E-state index contributed by atoms with van der Waals surface area (Å²) in [5, 5.41) is 9.85. The van der Waals surface area contributed by atoms with Crippen LogP contribution in [0, 0.1) is 0 Å². The van der Waals surface area contributed by atoms with Gasteiger partial charge in [0.1, 0.15) is 5.56 Å². The van der Waals surface area contributed by atoms with E-state index in [4.69, 9.17) is 0 Å². The van der Waals surface area contributed by atoms with Crippen molar-refractivity contribution in [2.75, 3.05) is 0 Å². The number of nitrogens with zero attached hydrogens (tertiary/aromatic N) is 3. The van der Waals surface area contributed by atoms with Gasteiger partial charge in [0.2, 0.25) is 5.88 Å². The van der Waals surface area contributed by atoms with E-state index in [2.05, 4.69) is 4.99 Å². The summed E-state index contributed by atoms with van der Waals surface area (Å²) < 4.78 is 1.95. The fourth-order valence-electron chi connectivity index (χ4n) is 1.79. The molecule has 0 aliphatic rings. The van der Waals surface area contributed by atoms with Crippen molar-refractivity contribution in [2.45, 2.75) is 0 Å². The van der Waals surface area contributed by atoms with Crippen LogP contribution in [0.4, 0.5) is 5.69 Å². The minimum atomic E-state index is -0.576. The molecule has 1 heterocycles. The molecule has 0 atom stereocenters. The van der Waals surface area contributed by atoms with Crippen LogP contribution in [0.2, 0.25) is 0 Å². The average molecular weight is 285 g/mol. The first kappa shape index (κ1) is 14.5. The Morgan fingerprint density at radius 1 is 1.10 bits per heavy atom. The molecular formula is C15H15N3O3. The van der Waals surface area contributed by atoms with Gasteiger partial charge >= 0.3 is 5.69 Å². The topological polar surface area (TPSA) is 76.6 Å². The van der Waals surface area contributed by atoms with Crippen LogP contribution in [-0.2, 0) is 14.1 Å². The fraction of sp³-hybridized carbons (Fsp3) is 0.133. The molecule has 6 nitrogen and oxygen atoms in total. The molecule has 0 aliphatic heterocycles. The molecular weight excluding hydrogens is 270 g/mol. The number of aromatic nitrogens is 2. The van der Waals surface area contributed by atoms with E-state index in [1.54, 1.807) is 0 Å². The molecule has 6 heteroatoms. The molecule has 0 spiro atoms. The van der Waals surface area contributed by atoms with Gasteiger partial charge < -0.3 is 5.11 Å². The molecule has 2 rings (SSSR count). The lowest BCUT2D eigenvalue weighted by atomic mass is 10.3. The van der Waals surface area contributed by atoms with Gasteiger partial charge in [0.25, 0.3) is 5.56 Å². The van der Waals surface area contributed by atoms with E-state index in [1.165, 1.54) is 32.5 Å². The van der Waals surface area contributed by atoms with E-state index >= 15 is 0 Å². The van der Waals surface area contributed by atoms with Crippen molar-refractivity contribution in [1.82, 2.24) is 9.13 Å². The zero-order chi connectivity index (χ0) is 15.4. The Morgan fingerprint density at radius 3 is 2.43 bits per heavy atom. The molecule has 108 valence electrons. The second-order valence-corrected chi connectivity index (χ2v) is 4.42. The first-order valence-corrected chi connectivity index (χ1v) is 6.27. The summed E-state index contributed by atoms with van der Waals surface area (Å²) >= 11 is 0. The summed E-state index contributed by atoms with van der Waals surface area (Å²) in [6, 6.07) is 9.30. The minimum absolute atomic E-state index is 0.0408. The molecule has 0 amide bonds. The Hall–Kier alpha value is -2.89. The summed E-state index contributed by atoms with van der Waals surface area (Å²) in [4.78, 5) is 27.7. The van der Waals surface area contributed by atoms with Crippen molar-refractivity contribution < 1.29 is 5.11 Å². The molecule has 0 saturated heterocycles. The van der Waals surface area contributed by atoms with E-state index in [0.29, 0.717) is 0 Å². The highest BCUT2D eigenvalue weighted by Crippen LogP contribution is 2.11. The molecule has 1 aromatic carbocycles. The highest BCUT2D eigenvalue weighted by molar-refractivity contribution is 5.80. The lowest BCUT2D eigenvalue weighted by molar-refractivity contribution is 0.410. The van der Waals surface area contributed by atoms with Crippen LogP contribution >= 0.6 is 0 Å². The van der Waals surface area contributed by atoms with Crippen molar-refractivity contribution in [3.8, 4) is 5.88 Å². The number of para-hydroxylation sites is 1. The maximum absolute atomic E-state index is 11.9. The molecule has 0 aliphatic carbocycles. The van der Waals surface area contributed by atoms with E-state index in [1.807, 2.05) is 30.3 Å². The molecule has 0 fully saturated rings. The molecule has 1 aromatic heterocycles. The molecule has 0 bridgehead atoms. The highest BCUT2D eigenvalue weighted by Gasteiger charge is 2.11. The number of aromatic hydroxyl groups is 1. The first-order chi connectivity index (χ1) is 10.0. The third-order valence-electron chi connectivity index (χ3n) is 3.00. The quantitative estimate of drug-likeness (QED) is 0.861. The molecule has 1 N–H and O–H groups in total. The summed E-state index contributed by atoms with van der Waals surface area (Å²) in [7, 11) is 2.76. The monoisotopic (exact) mass is 285 g/mol. The molecule has 0 saturated carbocycles. The largest absolute Gasteiger partial charge is 0.494 e. The SMILES string of the molecule is Cn1c(O)c(C=CC=Nc2ccccc2)c(=O)n(C)c1=O. The molecule has 0 radical (unpaired) electrons. The Bertz CT molecular complexity index is 815. The van der Waals surface area contributed by atoms with Crippen molar-refractivity contribution >= 4 is 18.0 Å². The van der Waals surface area contributed by atoms with Crippen LogP contribution in [0.3, 0.4) is 0 Å². The Labute approximate surface area is 120 Å². The van der Waals surface area contributed by atoms with Crippen LogP contribution in [0.5, 0.6) is 5.88 Å². The molecule has 2 aromatic rings. The van der Waals surface area contributed by atoms with Crippen LogP contribution in [-0.4, -0.2) is 20.5 Å². The summed E-state index contributed by atoms with van der Waals surface area (Å²) in [6.45, 7) is 0. The summed E-state index contributed by atoms with van der Waals surface area (Å²) in [5.74, 6) is -0.368. The predicted molar refractivity (Wildman–Crippen MR) is 82.2 cm³/mol. The molecule has 0 unspecified atom stereocenters. The summed E-state index contributed by atoms with van der Waals surface area (Å²) in [5.41, 5.74) is -0.314. The lowest BCUT2D eigenvalue weighted by Crippen LogP contribution is -2.37. The number of aliphatic imine (C=N–C) groups is 1. The smallest absolute Gasteiger partial charge is 0.333 e. The van der Waals surface area contributed by atoms with E-state index in [0.717, 1.165) is 14.8 Å². The second-order valence-electron chi connectivity index (χ2n) is 4.42. The van der Waals surface area contributed by atoms with Crippen LogP contribution in [0.1, 0.15) is 5.56 Å². The van der Waals surface area contributed by atoms with E-state index in [9.17, 15) is 14.7 Å². The van der Waals surface area contributed by atoms with Crippen molar-refractivity contribution in [2.24, 2.45) is 19.1 Å². The van der Waals surface area contributed by atoms with Gasteiger partial charge in [-0.25, -0.2) is 4.79 Å². The normalized spacial score (nSPS) is 11.5. The first-order valence-electron chi connectivity index (χ1n) is 6.27.